The molecule has 1 aromatic rings. The predicted molar refractivity (Wildman–Crippen MR) is 48.3 cm³/mol. The second-order valence-corrected chi connectivity index (χ2v) is 3.05. The van der Waals surface area contributed by atoms with Crippen LogP contribution < -0.4 is 5.73 Å². The van der Waals surface area contributed by atoms with Gasteiger partial charge < -0.3 is 10.8 Å². The summed E-state index contributed by atoms with van der Waals surface area (Å²) in [6, 6.07) is 2.74. The Morgan fingerprint density at radius 2 is 2.17 bits per heavy atom. The summed E-state index contributed by atoms with van der Waals surface area (Å²) < 4.78 is 0. The molecule has 1 unspecified atom stereocenters. The maximum Gasteiger partial charge on any atom is 0.135 e. The van der Waals surface area contributed by atoms with Crippen LogP contribution in [0.15, 0.2) is 12.1 Å². The zero-order valence-electron chi connectivity index (χ0n) is 6.17. The molecule has 66 valence electrons. The summed E-state index contributed by atoms with van der Waals surface area (Å²) >= 11 is 11.3. The zero-order chi connectivity index (χ0) is 9.14. The summed E-state index contributed by atoms with van der Waals surface area (Å²) in [5.41, 5.74) is 6.13. The number of nitrogens with zero attached hydrogens (tertiary/aromatic N) is 1. The van der Waals surface area contributed by atoms with E-state index in [9.17, 15) is 0 Å². The van der Waals surface area contributed by atoms with Crippen LogP contribution >= 0.6 is 23.2 Å². The average Bonchev–Trinajstić information content (AvgIpc) is 2.03. The van der Waals surface area contributed by atoms with Gasteiger partial charge in [-0.05, 0) is 6.07 Å². The number of aliphatic hydroxyl groups is 1. The first-order valence-electron chi connectivity index (χ1n) is 3.33. The third-order valence-corrected chi connectivity index (χ3v) is 1.95. The maximum atomic E-state index is 8.74. The van der Waals surface area contributed by atoms with Crippen LogP contribution in [0.1, 0.15) is 11.6 Å². The van der Waals surface area contributed by atoms with Crippen LogP contribution in [0.3, 0.4) is 0 Å². The van der Waals surface area contributed by atoms with Crippen molar-refractivity contribution in [3.8, 4) is 0 Å². The van der Waals surface area contributed by atoms with Gasteiger partial charge in [-0.1, -0.05) is 29.3 Å². The number of aromatic nitrogens is 1. The monoisotopic (exact) mass is 206 g/mol. The largest absolute Gasteiger partial charge is 0.394 e. The number of nitrogens with two attached hydrogens (primary N) is 1. The highest BCUT2D eigenvalue weighted by molar-refractivity contribution is 6.32. The summed E-state index contributed by atoms with van der Waals surface area (Å²) in [4.78, 5) is 3.78. The van der Waals surface area contributed by atoms with Gasteiger partial charge in [-0.25, -0.2) is 4.98 Å². The summed E-state index contributed by atoms with van der Waals surface area (Å²) in [6.45, 7) is -0.164. The lowest BCUT2D eigenvalue weighted by atomic mass is 10.1. The van der Waals surface area contributed by atoms with Crippen LogP contribution in [-0.2, 0) is 0 Å². The van der Waals surface area contributed by atoms with Crippen LogP contribution in [0.2, 0.25) is 10.3 Å². The molecule has 0 aromatic carbocycles. The fourth-order valence-electron chi connectivity index (χ4n) is 0.798. The first-order chi connectivity index (χ1) is 5.65. The Balaban J connectivity index is 3.01. The Morgan fingerprint density at radius 3 is 2.67 bits per heavy atom. The van der Waals surface area contributed by atoms with Gasteiger partial charge in [0.1, 0.15) is 10.3 Å². The summed E-state index contributed by atoms with van der Waals surface area (Å²) in [5.74, 6) is 0. The molecule has 0 aliphatic rings. The lowest BCUT2D eigenvalue weighted by Gasteiger charge is -2.09. The van der Waals surface area contributed by atoms with Gasteiger partial charge >= 0.3 is 0 Å². The van der Waals surface area contributed by atoms with E-state index in [0.29, 0.717) is 10.7 Å². The van der Waals surface area contributed by atoms with Crippen molar-refractivity contribution in [2.24, 2.45) is 5.73 Å². The van der Waals surface area contributed by atoms with Crippen molar-refractivity contribution < 1.29 is 5.11 Å². The van der Waals surface area contributed by atoms with E-state index in [1.54, 1.807) is 12.1 Å². The van der Waals surface area contributed by atoms with Crippen molar-refractivity contribution in [1.29, 1.82) is 0 Å². The molecule has 1 atom stereocenters. The molecule has 0 bridgehead atoms. The Kier molecular flexibility index (Phi) is 3.29. The lowest BCUT2D eigenvalue weighted by molar-refractivity contribution is 0.268. The van der Waals surface area contributed by atoms with Gasteiger partial charge in [-0.15, -0.1) is 0 Å². The molecule has 5 heteroatoms. The van der Waals surface area contributed by atoms with Gasteiger partial charge in [0, 0.05) is 5.56 Å². The number of rotatable bonds is 2. The topological polar surface area (TPSA) is 59.1 Å². The van der Waals surface area contributed by atoms with Gasteiger partial charge in [0.05, 0.1) is 12.6 Å². The Morgan fingerprint density at radius 1 is 1.50 bits per heavy atom. The Hall–Kier alpha value is -0.350. The number of pyridine rings is 1. The van der Waals surface area contributed by atoms with Crippen molar-refractivity contribution >= 4 is 23.2 Å². The minimum Gasteiger partial charge on any atom is -0.394 e. The van der Waals surface area contributed by atoms with E-state index in [-0.39, 0.29) is 11.8 Å². The molecule has 0 spiro atoms. The van der Waals surface area contributed by atoms with Crippen LogP contribution in [0, 0.1) is 0 Å². The summed E-state index contributed by atoms with van der Waals surface area (Å²) in [5, 5.41) is 9.29. The molecule has 3 N–H and O–H groups in total. The lowest BCUT2D eigenvalue weighted by Crippen LogP contribution is -2.15. The van der Waals surface area contributed by atoms with Crippen LogP contribution in [0.5, 0.6) is 0 Å². The highest BCUT2D eigenvalue weighted by Gasteiger charge is 2.09. The molecule has 0 amide bonds. The fraction of sp³-hybridized carbons (Fsp3) is 0.286. The van der Waals surface area contributed by atoms with Gasteiger partial charge in [0.2, 0.25) is 0 Å². The molecule has 1 aromatic heterocycles. The van der Waals surface area contributed by atoms with Gasteiger partial charge in [0.25, 0.3) is 0 Å². The van der Waals surface area contributed by atoms with E-state index in [2.05, 4.69) is 4.98 Å². The number of hydrogen-bond donors (Lipinski definition) is 2. The smallest absolute Gasteiger partial charge is 0.135 e. The standard InChI is InChI=1S/C7H8Cl2N2O/c8-6-2-1-4(5(10)3-12)7(9)11-6/h1-2,5,12H,3,10H2. The highest BCUT2D eigenvalue weighted by atomic mass is 35.5. The van der Waals surface area contributed by atoms with E-state index in [1.165, 1.54) is 0 Å². The molecule has 0 saturated heterocycles. The SMILES string of the molecule is NC(CO)c1ccc(Cl)nc1Cl. The Bertz CT molecular complexity index is 280. The predicted octanol–water partition coefficient (Wildman–Crippen LogP) is 1.38. The van der Waals surface area contributed by atoms with E-state index in [0.717, 1.165) is 0 Å². The molecule has 1 heterocycles. The highest BCUT2D eigenvalue weighted by Crippen LogP contribution is 2.21. The normalized spacial score (nSPS) is 13.0. The molecule has 0 radical (unpaired) electrons. The van der Waals surface area contributed by atoms with Crippen molar-refractivity contribution in [2.45, 2.75) is 6.04 Å². The molecular weight excluding hydrogens is 199 g/mol. The van der Waals surface area contributed by atoms with Gasteiger partial charge in [-0.2, -0.15) is 0 Å². The second-order valence-electron chi connectivity index (χ2n) is 2.30. The molecule has 0 aliphatic heterocycles. The first-order valence-corrected chi connectivity index (χ1v) is 4.09. The van der Waals surface area contributed by atoms with Crippen molar-refractivity contribution in [2.75, 3.05) is 6.61 Å². The van der Waals surface area contributed by atoms with Crippen LogP contribution in [0.25, 0.3) is 0 Å². The first kappa shape index (κ1) is 9.74. The zero-order valence-corrected chi connectivity index (χ0v) is 7.68. The fourth-order valence-corrected chi connectivity index (χ4v) is 1.28. The van der Waals surface area contributed by atoms with Crippen molar-refractivity contribution in [3.05, 3.63) is 28.0 Å². The van der Waals surface area contributed by atoms with Gasteiger partial charge in [0.15, 0.2) is 0 Å². The number of halogens is 2. The maximum absolute atomic E-state index is 8.74. The van der Waals surface area contributed by atoms with E-state index >= 15 is 0 Å². The van der Waals surface area contributed by atoms with Gasteiger partial charge in [-0.3, -0.25) is 0 Å². The third-order valence-electron chi connectivity index (χ3n) is 1.44. The van der Waals surface area contributed by atoms with Crippen LogP contribution in [-0.4, -0.2) is 16.7 Å². The minimum absolute atomic E-state index is 0.164. The molecule has 0 aliphatic carbocycles. The quantitative estimate of drug-likeness (QED) is 0.720. The number of hydrogen-bond acceptors (Lipinski definition) is 3. The average molecular weight is 207 g/mol. The van der Waals surface area contributed by atoms with E-state index < -0.39 is 6.04 Å². The third kappa shape index (κ3) is 2.08. The van der Waals surface area contributed by atoms with Crippen LogP contribution in [0.4, 0.5) is 0 Å². The summed E-state index contributed by atoms with van der Waals surface area (Å²) in [7, 11) is 0. The molecule has 0 saturated carbocycles. The Labute approximate surface area is 80.1 Å². The molecule has 0 fully saturated rings. The molecular formula is C7H8Cl2N2O. The number of aliphatic hydroxyl groups excluding tert-OH is 1. The molecule has 12 heavy (non-hydrogen) atoms. The minimum atomic E-state index is -0.498. The van der Waals surface area contributed by atoms with E-state index in [1.807, 2.05) is 0 Å². The summed E-state index contributed by atoms with van der Waals surface area (Å²) in [6.07, 6.45) is 0. The van der Waals surface area contributed by atoms with E-state index in [4.69, 9.17) is 34.0 Å². The van der Waals surface area contributed by atoms with Crippen molar-refractivity contribution in [1.82, 2.24) is 4.98 Å². The van der Waals surface area contributed by atoms with Crippen molar-refractivity contribution in [3.63, 3.8) is 0 Å². The molecule has 1 rings (SSSR count). The second kappa shape index (κ2) is 4.05. The molecule has 3 nitrogen and oxygen atoms in total.